The number of pyridine rings is 1. The molecule has 2 aliphatic heterocycles. The highest BCUT2D eigenvalue weighted by molar-refractivity contribution is 6.10. The summed E-state index contributed by atoms with van der Waals surface area (Å²) in [7, 11) is 0. The van der Waals surface area contributed by atoms with E-state index in [0.717, 1.165) is 22.6 Å². The number of fused-ring (bicyclic) bond motifs is 2. The average Bonchev–Trinajstić information content (AvgIpc) is 3.28. The van der Waals surface area contributed by atoms with E-state index in [9.17, 15) is 18.4 Å². The summed E-state index contributed by atoms with van der Waals surface area (Å²) in [6.45, 7) is 9.60. The predicted octanol–water partition coefficient (Wildman–Crippen LogP) is 6.33. The van der Waals surface area contributed by atoms with E-state index in [1.54, 1.807) is 20.8 Å². The molecule has 3 aromatic rings. The molecule has 9 heteroatoms. The Labute approximate surface area is 213 Å². The van der Waals surface area contributed by atoms with Gasteiger partial charge in [-0.1, -0.05) is 26.0 Å². The second-order valence-corrected chi connectivity index (χ2v) is 10.9. The molecule has 37 heavy (non-hydrogen) atoms. The summed E-state index contributed by atoms with van der Waals surface area (Å²) < 4.78 is 40.6. The van der Waals surface area contributed by atoms with Gasteiger partial charge < -0.3 is 14.8 Å². The number of hydrogen-bond donors (Lipinski definition) is 1. The first-order valence-electron chi connectivity index (χ1n) is 11.9. The molecule has 0 atom stereocenters. The zero-order valence-electron chi connectivity index (χ0n) is 21.2. The van der Waals surface area contributed by atoms with E-state index in [2.05, 4.69) is 24.1 Å². The maximum atomic E-state index is 14.7. The Morgan fingerprint density at radius 1 is 1.11 bits per heavy atom. The molecule has 2 amide bonds. The summed E-state index contributed by atoms with van der Waals surface area (Å²) in [5.41, 5.74) is 0.976. The van der Waals surface area contributed by atoms with E-state index in [4.69, 9.17) is 9.47 Å². The maximum absolute atomic E-state index is 14.7. The van der Waals surface area contributed by atoms with Crippen LogP contribution in [0.2, 0.25) is 0 Å². The van der Waals surface area contributed by atoms with Crippen molar-refractivity contribution in [3.8, 4) is 17.0 Å². The minimum Gasteiger partial charge on any atom is -0.492 e. The number of nitrogens with one attached hydrogen (secondary N) is 1. The first kappa shape index (κ1) is 24.7. The van der Waals surface area contributed by atoms with Crippen LogP contribution in [0.25, 0.3) is 11.3 Å². The summed E-state index contributed by atoms with van der Waals surface area (Å²) in [6, 6.07) is 10.5. The van der Waals surface area contributed by atoms with Crippen LogP contribution in [-0.2, 0) is 16.7 Å². The van der Waals surface area contributed by atoms with Crippen molar-refractivity contribution in [1.29, 1.82) is 0 Å². The third kappa shape index (κ3) is 4.50. The lowest BCUT2D eigenvalue weighted by Gasteiger charge is -2.23. The highest BCUT2D eigenvalue weighted by Gasteiger charge is 2.39. The van der Waals surface area contributed by atoms with Gasteiger partial charge in [0.1, 0.15) is 23.0 Å². The molecule has 2 aromatic carbocycles. The Morgan fingerprint density at radius 3 is 2.49 bits per heavy atom. The molecule has 5 rings (SSSR count). The molecule has 0 radical (unpaired) electrons. The molecular formula is C28H27F2N3O4. The smallest absolute Gasteiger partial charge is 0.417 e. The van der Waals surface area contributed by atoms with Crippen molar-refractivity contribution >= 4 is 23.4 Å². The largest absolute Gasteiger partial charge is 0.492 e. The molecule has 0 saturated heterocycles. The second kappa shape index (κ2) is 8.54. The van der Waals surface area contributed by atoms with Gasteiger partial charge >= 0.3 is 6.09 Å². The van der Waals surface area contributed by atoms with Crippen LogP contribution in [0.15, 0.2) is 42.5 Å². The van der Waals surface area contributed by atoms with Gasteiger partial charge in [0.05, 0.1) is 41.4 Å². The number of benzene rings is 2. The van der Waals surface area contributed by atoms with E-state index < -0.39 is 29.2 Å². The highest BCUT2D eigenvalue weighted by atomic mass is 19.1. The number of nitrogens with zero attached hydrogens (tertiary/aromatic N) is 2. The fraction of sp³-hybridized carbons (Fsp3) is 0.321. The fourth-order valence-electron chi connectivity index (χ4n) is 4.51. The molecule has 1 aromatic heterocycles. The van der Waals surface area contributed by atoms with Crippen LogP contribution < -0.4 is 10.1 Å². The molecule has 2 aliphatic rings. The number of imide groups is 1. The molecule has 0 bridgehead atoms. The van der Waals surface area contributed by atoms with Gasteiger partial charge in [-0.2, -0.15) is 0 Å². The molecule has 0 aliphatic carbocycles. The number of ether oxygens (including phenoxy) is 2. The monoisotopic (exact) mass is 507 g/mol. The molecule has 0 saturated carbocycles. The number of carbonyl (C=O) groups excluding carboxylic acids is 2. The second-order valence-electron chi connectivity index (χ2n) is 10.9. The van der Waals surface area contributed by atoms with Gasteiger partial charge in [0.25, 0.3) is 5.91 Å². The third-order valence-electron chi connectivity index (χ3n) is 6.27. The van der Waals surface area contributed by atoms with E-state index in [-0.39, 0.29) is 40.2 Å². The van der Waals surface area contributed by atoms with Gasteiger partial charge in [0.2, 0.25) is 0 Å². The van der Waals surface area contributed by atoms with Crippen molar-refractivity contribution in [3.63, 3.8) is 0 Å². The Kier molecular flexibility index (Phi) is 5.69. The van der Waals surface area contributed by atoms with Gasteiger partial charge in [-0.3, -0.25) is 4.79 Å². The zero-order valence-corrected chi connectivity index (χ0v) is 21.2. The molecule has 0 spiro atoms. The standard InChI is InChI=1S/C28H27F2N3O4/c1-27(2,3)37-26(35)33-13-21-24(25(33)34)20(12-19(32-21)23-17(29)7-6-8-18(23)30)31-15-9-10-16-22(11-15)36-14-28(16,4)5/h6-12H,13-14H2,1-5H3,(H,31,32). The Morgan fingerprint density at radius 2 is 1.81 bits per heavy atom. The highest BCUT2D eigenvalue weighted by Crippen LogP contribution is 2.41. The van der Waals surface area contributed by atoms with E-state index in [0.29, 0.717) is 18.0 Å². The normalized spacial score (nSPS) is 15.8. The maximum Gasteiger partial charge on any atom is 0.417 e. The Hall–Kier alpha value is -4.01. The number of aromatic nitrogens is 1. The summed E-state index contributed by atoms with van der Waals surface area (Å²) >= 11 is 0. The Balaban J connectivity index is 1.59. The van der Waals surface area contributed by atoms with E-state index in [1.165, 1.54) is 12.1 Å². The van der Waals surface area contributed by atoms with Gasteiger partial charge in [0, 0.05) is 22.7 Å². The molecule has 7 nitrogen and oxygen atoms in total. The SMILES string of the molecule is CC(C)(C)OC(=O)N1Cc2nc(-c3c(F)cccc3F)cc(Nc3ccc4c(c3)OCC4(C)C)c2C1=O. The molecule has 1 N–H and O–H groups in total. The van der Waals surface area contributed by atoms with Crippen molar-refractivity contribution in [2.45, 2.75) is 52.2 Å². The number of amides is 2. The molecule has 0 unspecified atom stereocenters. The van der Waals surface area contributed by atoms with Crippen LogP contribution in [-0.4, -0.2) is 34.1 Å². The molecule has 3 heterocycles. The molecule has 192 valence electrons. The zero-order chi connectivity index (χ0) is 26.7. The van der Waals surface area contributed by atoms with Crippen molar-refractivity contribution < 1.29 is 27.8 Å². The van der Waals surface area contributed by atoms with Crippen LogP contribution in [0.1, 0.15) is 56.2 Å². The summed E-state index contributed by atoms with van der Waals surface area (Å²) in [5.74, 6) is -1.49. The van der Waals surface area contributed by atoms with Crippen LogP contribution in [0.3, 0.4) is 0 Å². The molecule has 0 fully saturated rings. The lowest BCUT2D eigenvalue weighted by Crippen LogP contribution is -2.37. The first-order chi connectivity index (χ1) is 17.3. The quantitative estimate of drug-likeness (QED) is 0.446. The van der Waals surface area contributed by atoms with Crippen molar-refractivity contribution in [2.24, 2.45) is 0 Å². The third-order valence-corrected chi connectivity index (χ3v) is 6.27. The van der Waals surface area contributed by atoms with Crippen LogP contribution in [0.4, 0.5) is 25.0 Å². The number of rotatable bonds is 3. The van der Waals surface area contributed by atoms with Crippen LogP contribution in [0.5, 0.6) is 5.75 Å². The predicted molar refractivity (Wildman–Crippen MR) is 134 cm³/mol. The fourth-order valence-corrected chi connectivity index (χ4v) is 4.51. The van der Waals surface area contributed by atoms with E-state index in [1.807, 2.05) is 18.2 Å². The summed E-state index contributed by atoms with van der Waals surface area (Å²) in [4.78, 5) is 31.4. The minimum absolute atomic E-state index is 0.00534. The Bertz CT molecular complexity index is 1430. The number of anilines is 2. The van der Waals surface area contributed by atoms with Crippen molar-refractivity contribution in [3.05, 3.63) is 70.9 Å². The first-order valence-corrected chi connectivity index (χ1v) is 11.9. The number of halogens is 2. The number of carbonyl (C=O) groups is 2. The van der Waals surface area contributed by atoms with Gasteiger partial charge in [-0.25, -0.2) is 23.5 Å². The van der Waals surface area contributed by atoms with Crippen LogP contribution in [0, 0.1) is 11.6 Å². The molecular weight excluding hydrogens is 480 g/mol. The number of hydrogen-bond acceptors (Lipinski definition) is 6. The van der Waals surface area contributed by atoms with E-state index >= 15 is 0 Å². The summed E-state index contributed by atoms with van der Waals surface area (Å²) in [5, 5.41) is 3.18. The average molecular weight is 508 g/mol. The van der Waals surface area contributed by atoms with Crippen molar-refractivity contribution in [1.82, 2.24) is 9.88 Å². The topological polar surface area (TPSA) is 80.8 Å². The van der Waals surface area contributed by atoms with Gasteiger partial charge in [-0.05, 0) is 45.0 Å². The minimum atomic E-state index is -0.826. The summed E-state index contributed by atoms with van der Waals surface area (Å²) in [6.07, 6.45) is -0.826. The van der Waals surface area contributed by atoms with Gasteiger partial charge in [-0.15, -0.1) is 0 Å². The lowest BCUT2D eigenvalue weighted by atomic mass is 9.87. The van der Waals surface area contributed by atoms with Crippen LogP contribution >= 0.6 is 0 Å². The van der Waals surface area contributed by atoms with Gasteiger partial charge in [0.15, 0.2) is 0 Å². The van der Waals surface area contributed by atoms with Crippen molar-refractivity contribution in [2.75, 3.05) is 11.9 Å². The lowest BCUT2D eigenvalue weighted by molar-refractivity contribution is 0.0247.